The summed E-state index contributed by atoms with van der Waals surface area (Å²) in [5.41, 5.74) is 0. The summed E-state index contributed by atoms with van der Waals surface area (Å²) in [4.78, 5) is 23.0. The fraction of sp³-hybridized carbons (Fsp3) is 0.750. The van der Waals surface area contributed by atoms with Crippen LogP contribution in [-0.2, 0) is 9.59 Å². The Balaban J connectivity index is 4.32. The number of aliphatic carboxylic acids is 1. The highest BCUT2D eigenvalue weighted by atomic mass is 16.4. The predicted octanol–water partition coefficient (Wildman–Crippen LogP) is 4.22. The summed E-state index contributed by atoms with van der Waals surface area (Å²) < 4.78 is 0. The Hall–Kier alpha value is -1.12. The smallest absolute Gasteiger partial charge is 0.314 e. The van der Waals surface area contributed by atoms with Crippen LogP contribution in [0, 0.1) is 11.8 Å². The summed E-state index contributed by atoms with van der Waals surface area (Å²) in [6.07, 6.45) is 9.92. The number of carbonyl (C=O) groups excluding carboxylic acids is 1. The van der Waals surface area contributed by atoms with Gasteiger partial charge in [-0.2, -0.15) is 0 Å². The van der Waals surface area contributed by atoms with E-state index in [4.69, 9.17) is 5.11 Å². The van der Waals surface area contributed by atoms with Crippen LogP contribution in [0.5, 0.6) is 0 Å². The summed E-state index contributed by atoms with van der Waals surface area (Å²) in [6, 6.07) is 0. The molecule has 19 heavy (non-hydrogen) atoms. The van der Waals surface area contributed by atoms with Crippen LogP contribution < -0.4 is 0 Å². The number of ketones is 1. The highest BCUT2D eigenvalue weighted by Crippen LogP contribution is 2.20. The van der Waals surface area contributed by atoms with E-state index in [9.17, 15) is 9.59 Å². The molecule has 0 aromatic heterocycles. The van der Waals surface area contributed by atoms with Gasteiger partial charge in [-0.15, -0.1) is 0 Å². The Bertz CT molecular complexity index is 294. The molecule has 0 radical (unpaired) electrons. The summed E-state index contributed by atoms with van der Waals surface area (Å²) >= 11 is 0. The molecule has 0 aliphatic rings. The highest BCUT2D eigenvalue weighted by Gasteiger charge is 2.25. The van der Waals surface area contributed by atoms with Gasteiger partial charge in [-0.05, 0) is 24.8 Å². The van der Waals surface area contributed by atoms with Crippen molar-refractivity contribution in [3.8, 4) is 0 Å². The van der Waals surface area contributed by atoms with Gasteiger partial charge in [0.1, 0.15) is 5.92 Å². The van der Waals surface area contributed by atoms with Gasteiger partial charge in [0.05, 0.1) is 0 Å². The quantitative estimate of drug-likeness (QED) is 0.347. The Morgan fingerprint density at radius 1 is 1.16 bits per heavy atom. The van der Waals surface area contributed by atoms with Crippen LogP contribution in [0.4, 0.5) is 0 Å². The monoisotopic (exact) mass is 268 g/mol. The Morgan fingerprint density at radius 3 is 2.37 bits per heavy atom. The lowest BCUT2D eigenvalue weighted by atomic mass is 9.89. The maximum Gasteiger partial charge on any atom is 0.314 e. The average Bonchev–Trinajstić information content (AvgIpc) is 2.36. The van der Waals surface area contributed by atoms with Gasteiger partial charge in [-0.3, -0.25) is 9.59 Å². The third-order valence-corrected chi connectivity index (χ3v) is 3.32. The molecule has 110 valence electrons. The van der Waals surface area contributed by atoms with E-state index >= 15 is 0 Å². The number of hydrogen-bond donors (Lipinski definition) is 1. The molecule has 1 N–H and O–H groups in total. The lowest BCUT2D eigenvalue weighted by molar-refractivity contribution is -0.145. The molecule has 0 saturated heterocycles. The van der Waals surface area contributed by atoms with Gasteiger partial charge >= 0.3 is 5.97 Å². The van der Waals surface area contributed by atoms with E-state index in [1.807, 2.05) is 13.8 Å². The first kappa shape index (κ1) is 17.9. The number of carboxylic acid groups (broad SMARTS) is 1. The second-order valence-electron chi connectivity index (χ2n) is 5.32. The van der Waals surface area contributed by atoms with Gasteiger partial charge in [-0.25, -0.2) is 0 Å². The molecule has 0 aromatic carbocycles. The third kappa shape index (κ3) is 8.57. The summed E-state index contributed by atoms with van der Waals surface area (Å²) in [7, 11) is 0. The van der Waals surface area contributed by atoms with Crippen LogP contribution in [-0.4, -0.2) is 16.9 Å². The van der Waals surface area contributed by atoms with E-state index in [0.717, 1.165) is 32.1 Å². The van der Waals surface area contributed by atoms with Crippen molar-refractivity contribution in [2.24, 2.45) is 11.8 Å². The topological polar surface area (TPSA) is 54.4 Å². The normalized spacial score (nSPS) is 14.5. The fourth-order valence-corrected chi connectivity index (χ4v) is 2.08. The Kier molecular flexibility index (Phi) is 10.1. The minimum atomic E-state index is -0.992. The molecule has 0 aromatic rings. The number of unbranched alkanes of at least 4 members (excludes halogenated alkanes) is 3. The molecule has 0 aliphatic heterocycles. The van der Waals surface area contributed by atoms with Gasteiger partial charge < -0.3 is 5.11 Å². The zero-order valence-electron chi connectivity index (χ0n) is 12.5. The van der Waals surface area contributed by atoms with E-state index in [-0.39, 0.29) is 11.7 Å². The zero-order valence-corrected chi connectivity index (χ0v) is 12.5. The van der Waals surface area contributed by atoms with Crippen LogP contribution in [0.3, 0.4) is 0 Å². The molecule has 0 heterocycles. The standard InChI is InChI=1S/C16H28O3/c1-4-6-8-10-13(3)12-14(16(18)19)15(17)11-9-7-5-2/h9,11,13-14H,4-8,10,12H2,1-3H3,(H,18,19). The molecular formula is C16H28O3. The molecule has 3 nitrogen and oxygen atoms in total. The van der Waals surface area contributed by atoms with Crippen LogP contribution in [0.25, 0.3) is 0 Å². The molecule has 0 saturated carbocycles. The molecule has 0 amide bonds. The van der Waals surface area contributed by atoms with E-state index in [1.54, 1.807) is 6.08 Å². The van der Waals surface area contributed by atoms with Crippen molar-refractivity contribution in [3.63, 3.8) is 0 Å². The molecule has 0 fully saturated rings. The number of hydrogen-bond acceptors (Lipinski definition) is 2. The molecule has 0 rings (SSSR count). The number of carboxylic acids is 1. The molecule has 0 spiro atoms. The molecule has 2 atom stereocenters. The van der Waals surface area contributed by atoms with Crippen molar-refractivity contribution in [3.05, 3.63) is 12.2 Å². The maximum absolute atomic E-state index is 11.9. The molecule has 3 heteroatoms. The van der Waals surface area contributed by atoms with Gasteiger partial charge in [0.25, 0.3) is 0 Å². The molecular weight excluding hydrogens is 240 g/mol. The predicted molar refractivity (Wildman–Crippen MR) is 78.1 cm³/mol. The van der Waals surface area contributed by atoms with Crippen molar-refractivity contribution in [1.29, 1.82) is 0 Å². The van der Waals surface area contributed by atoms with Crippen LogP contribution in [0.2, 0.25) is 0 Å². The van der Waals surface area contributed by atoms with Crippen LogP contribution >= 0.6 is 0 Å². The van der Waals surface area contributed by atoms with Crippen molar-refractivity contribution < 1.29 is 14.7 Å². The first-order valence-electron chi connectivity index (χ1n) is 7.46. The first-order valence-corrected chi connectivity index (χ1v) is 7.46. The Morgan fingerprint density at radius 2 is 1.84 bits per heavy atom. The average molecular weight is 268 g/mol. The largest absolute Gasteiger partial charge is 0.481 e. The van der Waals surface area contributed by atoms with Crippen molar-refractivity contribution >= 4 is 11.8 Å². The first-order chi connectivity index (χ1) is 9.02. The second-order valence-corrected chi connectivity index (χ2v) is 5.32. The van der Waals surface area contributed by atoms with E-state index in [2.05, 4.69) is 6.92 Å². The van der Waals surface area contributed by atoms with Gasteiger partial charge in [0.15, 0.2) is 5.78 Å². The van der Waals surface area contributed by atoms with E-state index in [1.165, 1.54) is 12.5 Å². The lowest BCUT2D eigenvalue weighted by Crippen LogP contribution is -2.24. The summed E-state index contributed by atoms with van der Waals surface area (Å²) in [5.74, 6) is -1.84. The second kappa shape index (κ2) is 10.8. The minimum Gasteiger partial charge on any atom is -0.481 e. The SMILES string of the molecule is CCCC=CC(=O)C(CC(C)CCCCC)C(=O)O. The van der Waals surface area contributed by atoms with Gasteiger partial charge in [-0.1, -0.05) is 59.0 Å². The fourth-order valence-electron chi connectivity index (χ4n) is 2.08. The van der Waals surface area contributed by atoms with Crippen molar-refractivity contribution in [1.82, 2.24) is 0 Å². The van der Waals surface area contributed by atoms with Crippen molar-refractivity contribution in [2.75, 3.05) is 0 Å². The van der Waals surface area contributed by atoms with Gasteiger partial charge in [0, 0.05) is 0 Å². The maximum atomic E-state index is 11.9. The minimum absolute atomic E-state index is 0.261. The van der Waals surface area contributed by atoms with Crippen molar-refractivity contribution in [2.45, 2.75) is 65.7 Å². The van der Waals surface area contributed by atoms with Gasteiger partial charge in [0.2, 0.25) is 0 Å². The molecule has 0 bridgehead atoms. The highest BCUT2D eigenvalue weighted by molar-refractivity contribution is 6.04. The van der Waals surface area contributed by atoms with Crippen LogP contribution in [0.1, 0.15) is 65.7 Å². The van der Waals surface area contributed by atoms with E-state index in [0.29, 0.717) is 6.42 Å². The zero-order chi connectivity index (χ0) is 14.7. The molecule has 0 aliphatic carbocycles. The number of allylic oxidation sites excluding steroid dienone is 2. The number of carbonyl (C=O) groups is 2. The summed E-state index contributed by atoms with van der Waals surface area (Å²) in [5, 5.41) is 9.17. The van der Waals surface area contributed by atoms with E-state index < -0.39 is 11.9 Å². The van der Waals surface area contributed by atoms with Crippen LogP contribution in [0.15, 0.2) is 12.2 Å². The molecule has 2 unspecified atom stereocenters. The number of rotatable bonds is 11. The Labute approximate surface area is 117 Å². The summed E-state index contributed by atoms with van der Waals surface area (Å²) in [6.45, 7) is 6.21. The lowest BCUT2D eigenvalue weighted by Gasteiger charge is -2.15. The third-order valence-electron chi connectivity index (χ3n) is 3.32.